The number of halogens is 1. The first-order chi connectivity index (χ1) is 9.46. The van der Waals surface area contributed by atoms with E-state index in [4.69, 9.17) is 4.74 Å². The first-order valence-electron chi connectivity index (χ1n) is 6.39. The van der Waals surface area contributed by atoms with Gasteiger partial charge >= 0.3 is 0 Å². The van der Waals surface area contributed by atoms with Gasteiger partial charge < -0.3 is 9.64 Å². The van der Waals surface area contributed by atoms with Crippen molar-refractivity contribution in [3.05, 3.63) is 24.3 Å². The van der Waals surface area contributed by atoms with Crippen molar-refractivity contribution >= 4 is 31.6 Å². The largest absolute Gasteiger partial charge is 0.377 e. The topological polar surface area (TPSA) is 49.9 Å². The summed E-state index contributed by atoms with van der Waals surface area (Å²) < 4.78 is 30.7. The van der Waals surface area contributed by atoms with Crippen LogP contribution in [-0.2, 0) is 14.8 Å². The minimum absolute atomic E-state index is 0.278. The summed E-state index contributed by atoms with van der Waals surface area (Å²) >= 11 is 3.49. The van der Waals surface area contributed by atoms with Crippen LogP contribution < -0.4 is 4.90 Å². The number of ether oxygens (including phenoxy) is 1. The number of benzene rings is 1. The highest BCUT2D eigenvalue weighted by Crippen LogP contribution is 2.23. The third-order valence-electron chi connectivity index (χ3n) is 3.35. The predicted molar refractivity (Wildman–Crippen MR) is 83.1 cm³/mol. The maximum Gasteiger partial charge on any atom is 0.242 e. The molecule has 0 aromatic heterocycles. The second-order valence-corrected chi connectivity index (χ2v) is 7.66. The van der Waals surface area contributed by atoms with E-state index in [2.05, 4.69) is 20.8 Å². The van der Waals surface area contributed by atoms with Gasteiger partial charge in [0.1, 0.15) is 0 Å². The summed E-state index contributed by atoms with van der Waals surface area (Å²) in [5.74, 6) is 0. The number of sulfonamides is 1. The van der Waals surface area contributed by atoms with E-state index in [9.17, 15) is 8.42 Å². The molecule has 1 unspecified atom stereocenters. The molecule has 1 atom stereocenters. The second-order valence-electron chi connectivity index (χ2n) is 4.86. The number of hydrogen-bond acceptors (Lipinski definition) is 4. The Hall–Kier alpha value is -0.630. The third-order valence-corrected chi connectivity index (χ3v) is 5.93. The molecule has 1 saturated heterocycles. The average molecular weight is 363 g/mol. The van der Waals surface area contributed by atoms with E-state index in [1.807, 2.05) is 12.1 Å². The maximum atomic E-state index is 12.0. The fraction of sp³-hybridized carbons (Fsp3) is 0.538. The Morgan fingerprint density at radius 1 is 1.35 bits per heavy atom. The van der Waals surface area contributed by atoms with E-state index in [1.54, 1.807) is 12.1 Å². The number of morpholine rings is 1. The van der Waals surface area contributed by atoms with Gasteiger partial charge in [0.25, 0.3) is 0 Å². The number of rotatable bonds is 4. The van der Waals surface area contributed by atoms with E-state index in [1.165, 1.54) is 18.4 Å². The summed E-state index contributed by atoms with van der Waals surface area (Å²) in [6, 6.07) is 7.31. The molecule has 2 rings (SSSR count). The highest BCUT2D eigenvalue weighted by molar-refractivity contribution is 9.09. The van der Waals surface area contributed by atoms with E-state index in [0.29, 0.717) is 18.1 Å². The molecular formula is C13H19BrN2O3S. The van der Waals surface area contributed by atoms with E-state index in [-0.39, 0.29) is 6.04 Å². The molecule has 1 fully saturated rings. The molecule has 0 bridgehead atoms. The zero-order valence-electron chi connectivity index (χ0n) is 11.6. The number of anilines is 1. The van der Waals surface area contributed by atoms with Crippen LogP contribution in [0.4, 0.5) is 5.69 Å². The molecule has 20 heavy (non-hydrogen) atoms. The lowest BCUT2D eigenvalue weighted by atomic mass is 10.2. The van der Waals surface area contributed by atoms with Crippen molar-refractivity contribution in [2.75, 3.05) is 44.1 Å². The first-order valence-corrected chi connectivity index (χ1v) is 8.96. The molecule has 1 aliphatic heterocycles. The predicted octanol–water partition coefficient (Wildman–Crippen LogP) is 1.54. The fourth-order valence-corrected chi connectivity index (χ4v) is 3.58. The summed E-state index contributed by atoms with van der Waals surface area (Å²) in [6.07, 6.45) is 0. The maximum absolute atomic E-state index is 12.0. The molecule has 5 nitrogen and oxygen atoms in total. The van der Waals surface area contributed by atoms with Crippen LogP contribution in [-0.4, -0.2) is 57.9 Å². The Morgan fingerprint density at radius 3 is 2.55 bits per heavy atom. The van der Waals surface area contributed by atoms with Gasteiger partial charge in [-0.3, -0.25) is 0 Å². The Bertz CT molecular complexity index is 545. The Balaban J connectivity index is 2.24. The zero-order chi connectivity index (χ0) is 14.8. The van der Waals surface area contributed by atoms with Crippen LogP contribution in [0.15, 0.2) is 29.2 Å². The highest BCUT2D eigenvalue weighted by atomic mass is 79.9. The molecule has 0 radical (unpaired) electrons. The van der Waals surface area contributed by atoms with Gasteiger partial charge in [0.05, 0.1) is 24.2 Å². The Morgan fingerprint density at radius 2 is 2.00 bits per heavy atom. The number of hydrogen-bond donors (Lipinski definition) is 0. The van der Waals surface area contributed by atoms with Gasteiger partial charge in [-0.25, -0.2) is 12.7 Å². The van der Waals surface area contributed by atoms with Gasteiger partial charge in [-0.1, -0.05) is 15.9 Å². The van der Waals surface area contributed by atoms with Crippen molar-refractivity contribution in [1.29, 1.82) is 0 Å². The normalized spacial score (nSPS) is 20.4. The van der Waals surface area contributed by atoms with Crippen molar-refractivity contribution in [1.82, 2.24) is 4.31 Å². The van der Waals surface area contributed by atoms with Crippen molar-refractivity contribution in [2.24, 2.45) is 0 Å². The van der Waals surface area contributed by atoms with Gasteiger partial charge in [0, 0.05) is 31.7 Å². The highest BCUT2D eigenvalue weighted by Gasteiger charge is 2.23. The van der Waals surface area contributed by atoms with Crippen LogP contribution in [0.1, 0.15) is 0 Å². The number of nitrogens with zero attached hydrogens (tertiary/aromatic N) is 2. The van der Waals surface area contributed by atoms with Crippen LogP contribution in [0.5, 0.6) is 0 Å². The van der Waals surface area contributed by atoms with Gasteiger partial charge in [-0.2, -0.15) is 0 Å². The Labute approximate surface area is 128 Å². The summed E-state index contributed by atoms with van der Waals surface area (Å²) in [5, 5.41) is 0.824. The third kappa shape index (κ3) is 3.16. The molecule has 1 heterocycles. The molecule has 1 aromatic rings. The minimum Gasteiger partial charge on any atom is -0.377 e. The quantitative estimate of drug-likeness (QED) is 0.762. The van der Waals surface area contributed by atoms with Crippen LogP contribution in [0.2, 0.25) is 0 Å². The number of alkyl halides is 1. The van der Waals surface area contributed by atoms with Crippen molar-refractivity contribution in [3.63, 3.8) is 0 Å². The second kappa shape index (κ2) is 6.43. The minimum atomic E-state index is -3.36. The van der Waals surface area contributed by atoms with E-state index >= 15 is 0 Å². The van der Waals surface area contributed by atoms with Crippen LogP contribution in [0.25, 0.3) is 0 Å². The molecule has 0 aliphatic carbocycles. The molecule has 112 valence electrons. The molecular weight excluding hydrogens is 344 g/mol. The SMILES string of the molecule is CN(C)S(=O)(=O)c1ccc(N2CCOCC2CBr)cc1. The van der Waals surface area contributed by atoms with Gasteiger partial charge in [0.2, 0.25) is 10.0 Å². The van der Waals surface area contributed by atoms with Crippen molar-refractivity contribution in [2.45, 2.75) is 10.9 Å². The smallest absolute Gasteiger partial charge is 0.242 e. The lowest BCUT2D eigenvalue weighted by Gasteiger charge is -2.36. The first kappa shape index (κ1) is 15.8. The molecule has 0 amide bonds. The summed E-state index contributed by atoms with van der Waals surface area (Å²) in [5.41, 5.74) is 1.02. The van der Waals surface area contributed by atoms with E-state index < -0.39 is 10.0 Å². The Kier molecular flexibility index (Phi) is 5.06. The van der Waals surface area contributed by atoms with Gasteiger partial charge in [-0.15, -0.1) is 0 Å². The van der Waals surface area contributed by atoms with Crippen LogP contribution in [0.3, 0.4) is 0 Å². The summed E-state index contributed by atoms with van der Waals surface area (Å²) in [4.78, 5) is 2.56. The fourth-order valence-electron chi connectivity index (χ4n) is 2.14. The average Bonchev–Trinajstić information content (AvgIpc) is 2.47. The lowest BCUT2D eigenvalue weighted by molar-refractivity contribution is 0.100. The van der Waals surface area contributed by atoms with Gasteiger partial charge in [-0.05, 0) is 24.3 Å². The molecule has 0 saturated carbocycles. The van der Waals surface area contributed by atoms with Gasteiger partial charge in [0.15, 0.2) is 0 Å². The van der Waals surface area contributed by atoms with Crippen molar-refractivity contribution < 1.29 is 13.2 Å². The molecule has 1 aromatic carbocycles. The molecule has 1 aliphatic rings. The summed E-state index contributed by atoms with van der Waals surface area (Å²) in [6.45, 7) is 2.19. The van der Waals surface area contributed by atoms with E-state index in [0.717, 1.165) is 17.6 Å². The monoisotopic (exact) mass is 362 g/mol. The molecule has 0 spiro atoms. The molecule has 7 heteroatoms. The summed E-state index contributed by atoms with van der Waals surface area (Å²) in [7, 11) is -0.295. The van der Waals surface area contributed by atoms with Crippen LogP contribution in [0, 0.1) is 0 Å². The van der Waals surface area contributed by atoms with Crippen LogP contribution >= 0.6 is 15.9 Å². The zero-order valence-corrected chi connectivity index (χ0v) is 14.0. The standard InChI is InChI=1S/C13H19BrN2O3S/c1-15(2)20(17,18)13-5-3-11(4-6-13)16-7-8-19-10-12(16)9-14/h3-6,12H,7-10H2,1-2H3. The molecule has 0 N–H and O–H groups in total. The van der Waals surface area contributed by atoms with Crippen molar-refractivity contribution in [3.8, 4) is 0 Å². The lowest BCUT2D eigenvalue weighted by Crippen LogP contribution is -2.46.